The van der Waals surface area contributed by atoms with Gasteiger partial charge in [0.1, 0.15) is 5.03 Å². The lowest BCUT2D eigenvalue weighted by Gasteiger charge is -2.09. The molecule has 1 heterocycles. The third kappa shape index (κ3) is 4.24. The maximum Gasteiger partial charge on any atom is 0.258 e. The third-order valence-electron chi connectivity index (χ3n) is 3.38. The fourth-order valence-electron chi connectivity index (χ4n) is 2.19. The summed E-state index contributed by atoms with van der Waals surface area (Å²) >= 11 is 1.42. The van der Waals surface area contributed by atoms with Crippen LogP contribution in [0.25, 0.3) is 0 Å². The largest absolute Gasteiger partial charge is 0.366 e. The van der Waals surface area contributed by atoms with E-state index in [1.807, 2.05) is 30.3 Å². The number of aromatic nitrogens is 1. The summed E-state index contributed by atoms with van der Waals surface area (Å²) in [5, 5.41) is 3.39. The lowest BCUT2D eigenvalue weighted by molar-refractivity contribution is 0.0995. The van der Waals surface area contributed by atoms with Gasteiger partial charge in [0, 0.05) is 22.3 Å². The van der Waals surface area contributed by atoms with E-state index in [1.54, 1.807) is 42.6 Å². The Morgan fingerprint density at radius 1 is 0.960 bits per heavy atom. The number of carbonyl (C=O) groups is 2. The molecule has 0 saturated carbocycles. The molecule has 1 aromatic heterocycles. The van der Waals surface area contributed by atoms with E-state index in [-0.39, 0.29) is 5.91 Å². The zero-order valence-corrected chi connectivity index (χ0v) is 14.0. The van der Waals surface area contributed by atoms with Gasteiger partial charge in [0.05, 0.1) is 5.56 Å². The molecule has 3 aromatic rings. The SMILES string of the molecule is NC(=O)c1cccc(NC(=O)c2cccnc2Sc2ccccc2)c1. The predicted octanol–water partition coefficient (Wildman–Crippen LogP) is 3.58. The van der Waals surface area contributed by atoms with Gasteiger partial charge in [0.15, 0.2) is 0 Å². The van der Waals surface area contributed by atoms with Gasteiger partial charge in [0.25, 0.3) is 5.91 Å². The first-order chi connectivity index (χ1) is 12.1. The Balaban J connectivity index is 1.83. The topological polar surface area (TPSA) is 85.1 Å². The highest BCUT2D eigenvalue weighted by molar-refractivity contribution is 7.99. The van der Waals surface area contributed by atoms with E-state index in [9.17, 15) is 9.59 Å². The summed E-state index contributed by atoms with van der Waals surface area (Å²) in [6.45, 7) is 0. The molecule has 0 bridgehead atoms. The maximum absolute atomic E-state index is 12.6. The molecule has 0 aliphatic heterocycles. The molecule has 0 fully saturated rings. The summed E-state index contributed by atoms with van der Waals surface area (Å²) in [5.74, 6) is -0.842. The van der Waals surface area contributed by atoms with Gasteiger partial charge < -0.3 is 11.1 Å². The number of nitrogens with two attached hydrogens (primary N) is 1. The van der Waals surface area contributed by atoms with Gasteiger partial charge in [-0.2, -0.15) is 0 Å². The highest BCUT2D eigenvalue weighted by Crippen LogP contribution is 2.28. The summed E-state index contributed by atoms with van der Waals surface area (Å²) < 4.78 is 0. The lowest BCUT2D eigenvalue weighted by Crippen LogP contribution is -2.15. The van der Waals surface area contributed by atoms with Crippen molar-refractivity contribution >= 4 is 29.3 Å². The number of rotatable bonds is 5. The van der Waals surface area contributed by atoms with Crippen molar-refractivity contribution in [1.82, 2.24) is 4.98 Å². The number of hydrogen-bond donors (Lipinski definition) is 2. The first-order valence-electron chi connectivity index (χ1n) is 7.52. The maximum atomic E-state index is 12.6. The van der Waals surface area contributed by atoms with E-state index in [0.717, 1.165) is 4.90 Å². The molecule has 0 spiro atoms. The Morgan fingerprint density at radius 2 is 1.76 bits per heavy atom. The van der Waals surface area contributed by atoms with Crippen LogP contribution in [0.2, 0.25) is 0 Å². The summed E-state index contributed by atoms with van der Waals surface area (Å²) in [5.41, 5.74) is 6.57. The molecular formula is C19H15N3O2S. The van der Waals surface area contributed by atoms with Crippen molar-refractivity contribution in [3.8, 4) is 0 Å². The highest BCUT2D eigenvalue weighted by Gasteiger charge is 2.14. The van der Waals surface area contributed by atoms with Gasteiger partial charge in [-0.15, -0.1) is 0 Å². The molecule has 3 N–H and O–H groups in total. The number of anilines is 1. The zero-order chi connectivity index (χ0) is 17.6. The minimum atomic E-state index is -0.544. The van der Waals surface area contributed by atoms with Crippen LogP contribution in [0.3, 0.4) is 0 Å². The van der Waals surface area contributed by atoms with Gasteiger partial charge in [0.2, 0.25) is 5.91 Å². The quantitative estimate of drug-likeness (QED) is 0.737. The second kappa shape index (κ2) is 7.63. The number of pyridine rings is 1. The molecule has 2 aromatic carbocycles. The summed E-state index contributed by atoms with van der Waals surface area (Å²) in [6, 6.07) is 19.6. The molecule has 0 aliphatic rings. The number of primary amides is 1. The summed E-state index contributed by atoms with van der Waals surface area (Å²) in [6.07, 6.45) is 1.65. The minimum Gasteiger partial charge on any atom is -0.366 e. The average Bonchev–Trinajstić information content (AvgIpc) is 2.63. The fraction of sp³-hybridized carbons (Fsp3) is 0. The van der Waals surface area contributed by atoms with Crippen LogP contribution >= 0.6 is 11.8 Å². The molecule has 25 heavy (non-hydrogen) atoms. The number of amides is 2. The Kier molecular flexibility index (Phi) is 5.11. The first kappa shape index (κ1) is 16.7. The van der Waals surface area contributed by atoms with E-state index in [0.29, 0.717) is 21.8 Å². The standard InChI is InChI=1S/C19H15N3O2S/c20-17(23)13-6-4-7-14(12-13)22-18(24)16-10-5-11-21-19(16)25-15-8-2-1-3-9-15/h1-12H,(H2,20,23)(H,22,24). The third-order valence-corrected chi connectivity index (χ3v) is 4.41. The van der Waals surface area contributed by atoms with E-state index < -0.39 is 5.91 Å². The van der Waals surface area contributed by atoms with Crippen molar-refractivity contribution in [1.29, 1.82) is 0 Å². The van der Waals surface area contributed by atoms with Crippen molar-refractivity contribution in [2.24, 2.45) is 5.73 Å². The monoisotopic (exact) mass is 349 g/mol. The van der Waals surface area contributed by atoms with Crippen LogP contribution < -0.4 is 11.1 Å². The van der Waals surface area contributed by atoms with Crippen molar-refractivity contribution in [2.75, 3.05) is 5.32 Å². The Hall–Kier alpha value is -3.12. The molecule has 0 atom stereocenters. The second-order valence-electron chi connectivity index (χ2n) is 5.17. The molecule has 0 saturated heterocycles. The number of nitrogens with zero attached hydrogens (tertiary/aromatic N) is 1. The number of hydrogen-bond acceptors (Lipinski definition) is 4. The van der Waals surface area contributed by atoms with Gasteiger partial charge in [-0.25, -0.2) is 4.98 Å². The normalized spacial score (nSPS) is 10.2. The lowest BCUT2D eigenvalue weighted by atomic mass is 10.2. The molecular weight excluding hydrogens is 334 g/mol. The molecule has 5 nitrogen and oxygen atoms in total. The Labute approximate surface area is 149 Å². The number of carbonyl (C=O) groups excluding carboxylic acids is 2. The molecule has 6 heteroatoms. The van der Waals surface area contributed by atoms with Gasteiger partial charge in [-0.1, -0.05) is 36.0 Å². The van der Waals surface area contributed by atoms with E-state index in [2.05, 4.69) is 10.3 Å². The van der Waals surface area contributed by atoms with E-state index in [1.165, 1.54) is 11.8 Å². The average molecular weight is 349 g/mol. The van der Waals surface area contributed by atoms with Crippen LogP contribution in [-0.4, -0.2) is 16.8 Å². The molecule has 3 rings (SSSR count). The number of benzene rings is 2. The minimum absolute atomic E-state index is 0.298. The van der Waals surface area contributed by atoms with Crippen LogP contribution in [0.1, 0.15) is 20.7 Å². The number of nitrogens with one attached hydrogen (secondary N) is 1. The van der Waals surface area contributed by atoms with E-state index >= 15 is 0 Å². The van der Waals surface area contributed by atoms with Crippen molar-refractivity contribution in [3.05, 3.63) is 84.1 Å². The smallest absolute Gasteiger partial charge is 0.258 e. The van der Waals surface area contributed by atoms with Crippen molar-refractivity contribution in [2.45, 2.75) is 9.92 Å². The fourth-order valence-corrected chi connectivity index (χ4v) is 3.09. The van der Waals surface area contributed by atoms with Crippen molar-refractivity contribution in [3.63, 3.8) is 0 Å². The molecule has 0 radical (unpaired) electrons. The van der Waals surface area contributed by atoms with Gasteiger partial charge >= 0.3 is 0 Å². The van der Waals surface area contributed by atoms with Crippen LogP contribution in [0.4, 0.5) is 5.69 Å². The van der Waals surface area contributed by atoms with Gasteiger partial charge in [-0.3, -0.25) is 9.59 Å². The van der Waals surface area contributed by atoms with Gasteiger partial charge in [-0.05, 0) is 42.5 Å². The molecule has 2 amide bonds. The summed E-state index contributed by atoms with van der Waals surface area (Å²) in [4.78, 5) is 29.2. The molecule has 0 unspecified atom stereocenters. The Bertz CT molecular complexity index is 913. The van der Waals surface area contributed by atoms with Crippen LogP contribution in [-0.2, 0) is 0 Å². The van der Waals surface area contributed by atoms with Crippen LogP contribution in [0.5, 0.6) is 0 Å². The predicted molar refractivity (Wildman–Crippen MR) is 97.7 cm³/mol. The molecule has 0 aliphatic carbocycles. The van der Waals surface area contributed by atoms with Crippen LogP contribution in [0, 0.1) is 0 Å². The second-order valence-corrected chi connectivity index (χ2v) is 6.23. The Morgan fingerprint density at radius 3 is 2.52 bits per heavy atom. The first-order valence-corrected chi connectivity index (χ1v) is 8.34. The summed E-state index contributed by atoms with van der Waals surface area (Å²) in [7, 11) is 0. The van der Waals surface area contributed by atoms with E-state index in [4.69, 9.17) is 5.73 Å². The molecule has 124 valence electrons. The van der Waals surface area contributed by atoms with Crippen LogP contribution in [0.15, 0.2) is 82.8 Å². The highest BCUT2D eigenvalue weighted by atomic mass is 32.2. The zero-order valence-electron chi connectivity index (χ0n) is 13.2. The van der Waals surface area contributed by atoms with Crippen molar-refractivity contribution < 1.29 is 9.59 Å².